The van der Waals surface area contributed by atoms with Crippen LogP contribution < -0.4 is 14.8 Å². The highest BCUT2D eigenvalue weighted by atomic mass is 32.2. The molecule has 0 atom stereocenters. The topological polar surface area (TPSA) is 140 Å². The first-order chi connectivity index (χ1) is 16.2. The van der Waals surface area contributed by atoms with Crippen molar-refractivity contribution >= 4 is 27.6 Å². The van der Waals surface area contributed by atoms with Crippen molar-refractivity contribution in [3.63, 3.8) is 0 Å². The zero-order chi connectivity index (χ0) is 26.1. The molecule has 3 rings (SSSR count). The lowest BCUT2D eigenvalue weighted by atomic mass is 10.1. The highest BCUT2D eigenvalue weighted by Gasteiger charge is 2.28. The van der Waals surface area contributed by atoms with Gasteiger partial charge in [0.25, 0.3) is 5.91 Å². The Morgan fingerprint density at radius 1 is 1.14 bits per heavy atom. The zero-order valence-corrected chi connectivity index (χ0v) is 20.5. The summed E-state index contributed by atoms with van der Waals surface area (Å²) in [5.41, 5.74) is -1.02. The first-order valence-electron chi connectivity index (χ1n) is 10.4. The average Bonchev–Trinajstić information content (AvgIpc) is 3.01. The maximum atomic E-state index is 14.0. The summed E-state index contributed by atoms with van der Waals surface area (Å²) in [6.07, 6.45) is 0. The van der Waals surface area contributed by atoms with Crippen LogP contribution in [0.3, 0.4) is 0 Å². The van der Waals surface area contributed by atoms with Gasteiger partial charge in [0.15, 0.2) is 5.69 Å². The molecule has 1 amide bonds. The Kier molecular flexibility index (Phi) is 6.99. The number of benzene rings is 2. The number of anilines is 1. The van der Waals surface area contributed by atoms with Crippen LogP contribution in [0.4, 0.5) is 10.1 Å². The highest BCUT2D eigenvalue weighted by Crippen LogP contribution is 2.34. The van der Waals surface area contributed by atoms with Crippen molar-refractivity contribution < 1.29 is 32.2 Å². The number of carbonyl (C=O) groups excluding carboxylic acids is 1. The fraction of sp³-hybridized carbons (Fsp3) is 0.261. The van der Waals surface area contributed by atoms with Crippen LogP contribution in [0.1, 0.15) is 47.2 Å². The third-order valence-corrected chi connectivity index (χ3v) is 6.46. The molecule has 0 saturated carbocycles. The molecule has 0 unspecified atom stereocenters. The Hall–Kier alpha value is -3.77. The Labute approximate surface area is 201 Å². The number of ether oxygens (including phenoxy) is 1. The van der Waals surface area contributed by atoms with Crippen LogP contribution in [0.25, 0.3) is 0 Å². The minimum atomic E-state index is -4.18. The number of sulfonamides is 1. The number of carboxylic acids is 1. The largest absolute Gasteiger partial charge is 0.476 e. The second kappa shape index (κ2) is 9.47. The predicted molar refractivity (Wildman–Crippen MR) is 126 cm³/mol. The Balaban J connectivity index is 2.07. The number of nitrogens with one attached hydrogen (secondary N) is 2. The molecule has 0 spiro atoms. The van der Waals surface area contributed by atoms with Crippen molar-refractivity contribution in [1.82, 2.24) is 14.5 Å². The number of hydrogen-bond donors (Lipinski definition) is 3. The van der Waals surface area contributed by atoms with E-state index in [0.29, 0.717) is 0 Å². The minimum Gasteiger partial charge on any atom is -0.476 e. The molecule has 1 aromatic heterocycles. The number of nitrogens with zero attached hydrogens (tertiary/aromatic N) is 2. The molecule has 0 aliphatic carbocycles. The number of carbonyl (C=O) groups is 2. The van der Waals surface area contributed by atoms with Gasteiger partial charge in [0.2, 0.25) is 15.9 Å². The number of rotatable bonds is 7. The van der Waals surface area contributed by atoms with Gasteiger partial charge in [0.05, 0.1) is 5.56 Å². The lowest BCUT2D eigenvalue weighted by molar-refractivity contribution is 0.0688. The average molecular weight is 505 g/mol. The van der Waals surface area contributed by atoms with E-state index in [9.17, 15) is 27.5 Å². The lowest BCUT2D eigenvalue weighted by Gasteiger charge is -2.22. The minimum absolute atomic E-state index is 0.0257. The van der Waals surface area contributed by atoms with Crippen molar-refractivity contribution in [2.24, 2.45) is 7.05 Å². The molecule has 3 N–H and O–H groups in total. The van der Waals surface area contributed by atoms with Gasteiger partial charge < -0.3 is 15.2 Å². The van der Waals surface area contributed by atoms with Gasteiger partial charge in [-0.3, -0.25) is 4.79 Å². The Morgan fingerprint density at radius 2 is 1.80 bits per heavy atom. The maximum absolute atomic E-state index is 14.0. The number of aromatic nitrogens is 2. The normalized spacial score (nSPS) is 11.8. The summed E-state index contributed by atoms with van der Waals surface area (Å²) in [5, 5.41) is 15.7. The third kappa shape index (κ3) is 5.84. The van der Waals surface area contributed by atoms with Gasteiger partial charge in [-0.2, -0.15) is 5.10 Å². The SMILES string of the molecule is Cc1c(C(=O)O)nn(C)c1Oc1ccc(NC(=O)c2ccccc2F)cc1S(=O)(=O)NC(C)(C)C. The Morgan fingerprint density at radius 3 is 2.37 bits per heavy atom. The number of aromatic carboxylic acids is 1. The van der Waals surface area contributed by atoms with Gasteiger partial charge in [-0.05, 0) is 58.0 Å². The molecule has 35 heavy (non-hydrogen) atoms. The molecule has 0 fully saturated rings. The van der Waals surface area contributed by atoms with Crippen molar-refractivity contribution in [3.8, 4) is 11.6 Å². The number of amides is 1. The van der Waals surface area contributed by atoms with E-state index in [2.05, 4.69) is 15.1 Å². The molecule has 0 radical (unpaired) electrons. The fourth-order valence-corrected chi connectivity index (χ4v) is 4.82. The van der Waals surface area contributed by atoms with Crippen LogP contribution in [0.15, 0.2) is 47.4 Å². The monoisotopic (exact) mass is 504 g/mol. The van der Waals surface area contributed by atoms with Crippen LogP contribution in [0.5, 0.6) is 11.6 Å². The van der Waals surface area contributed by atoms with Crippen LogP contribution in [0.2, 0.25) is 0 Å². The van der Waals surface area contributed by atoms with Crippen molar-refractivity contribution in [2.45, 2.75) is 38.1 Å². The summed E-state index contributed by atoms with van der Waals surface area (Å²) in [5.74, 6) is -2.86. The van der Waals surface area contributed by atoms with E-state index in [-0.39, 0.29) is 39.0 Å². The van der Waals surface area contributed by atoms with Crippen molar-refractivity contribution in [3.05, 3.63) is 65.1 Å². The summed E-state index contributed by atoms with van der Waals surface area (Å²) < 4.78 is 50.0. The highest BCUT2D eigenvalue weighted by molar-refractivity contribution is 7.89. The van der Waals surface area contributed by atoms with Crippen LogP contribution in [0, 0.1) is 12.7 Å². The van der Waals surface area contributed by atoms with Gasteiger partial charge >= 0.3 is 5.97 Å². The molecular formula is C23H25FN4O6S. The van der Waals surface area contributed by atoms with Gasteiger partial charge in [-0.1, -0.05) is 12.1 Å². The number of carboxylic acid groups (broad SMARTS) is 1. The van der Waals surface area contributed by atoms with Crippen molar-refractivity contribution in [1.29, 1.82) is 0 Å². The first-order valence-corrected chi connectivity index (χ1v) is 11.9. The van der Waals surface area contributed by atoms with Crippen molar-refractivity contribution in [2.75, 3.05) is 5.32 Å². The summed E-state index contributed by atoms with van der Waals surface area (Å²) in [7, 11) is -2.72. The number of aryl methyl sites for hydroxylation is 1. The van der Waals surface area contributed by atoms with E-state index < -0.39 is 33.3 Å². The summed E-state index contributed by atoms with van der Waals surface area (Å²) in [4.78, 5) is 23.6. The molecule has 12 heteroatoms. The molecule has 1 heterocycles. The third-order valence-electron chi connectivity index (χ3n) is 4.68. The molecule has 0 saturated heterocycles. The maximum Gasteiger partial charge on any atom is 0.356 e. The zero-order valence-electron chi connectivity index (χ0n) is 19.7. The molecule has 186 valence electrons. The lowest BCUT2D eigenvalue weighted by Crippen LogP contribution is -2.40. The van der Waals surface area contributed by atoms with Crippen LogP contribution >= 0.6 is 0 Å². The fourth-order valence-electron chi connectivity index (χ4n) is 3.25. The van der Waals surface area contributed by atoms with E-state index in [1.165, 1.54) is 55.1 Å². The quantitative estimate of drug-likeness (QED) is 0.446. The van der Waals surface area contributed by atoms with Gasteiger partial charge in [0, 0.05) is 23.8 Å². The molecule has 0 aliphatic rings. The van der Waals surface area contributed by atoms with Gasteiger partial charge in [0.1, 0.15) is 16.5 Å². The first kappa shape index (κ1) is 25.8. The Bertz CT molecular complexity index is 1410. The van der Waals surface area contributed by atoms with E-state index in [4.69, 9.17) is 4.74 Å². The number of halogens is 1. The molecular weight excluding hydrogens is 479 g/mol. The predicted octanol–water partition coefficient (Wildman–Crippen LogP) is 3.69. The number of hydrogen-bond acceptors (Lipinski definition) is 6. The molecule has 3 aromatic rings. The van der Waals surface area contributed by atoms with Gasteiger partial charge in [-0.15, -0.1) is 0 Å². The van der Waals surface area contributed by atoms with E-state index in [0.717, 1.165) is 6.07 Å². The van der Waals surface area contributed by atoms with E-state index in [1.54, 1.807) is 20.8 Å². The summed E-state index contributed by atoms with van der Waals surface area (Å²) >= 11 is 0. The van der Waals surface area contributed by atoms with Crippen LogP contribution in [-0.2, 0) is 17.1 Å². The molecule has 0 aliphatic heterocycles. The van der Waals surface area contributed by atoms with E-state index in [1.807, 2.05) is 0 Å². The van der Waals surface area contributed by atoms with E-state index >= 15 is 0 Å². The smallest absolute Gasteiger partial charge is 0.356 e. The molecule has 0 bridgehead atoms. The standard InChI is InChI=1S/C23H25FN4O6S/c1-13-19(22(30)31)26-28(5)21(13)34-17-11-10-14(12-18(17)35(32,33)27-23(2,3)4)25-20(29)15-8-6-7-9-16(15)24/h6-12,27H,1-5H3,(H,25,29)(H,30,31). The second-order valence-electron chi connectivity index (χ2n) is 8.76. The summed E-state index contributed by atoms with van der Waals surface area (Å²) in [6, 6.07) is 9.24. The molecule has 10 nitrogen and oxygen atoms in total. The van der Waals surface area contributed by atoms with Gasteiger partial charge in [-0.25, -0.2) is 27.0 Å². The summed E-state index contributed by atoms with van der Waals surface area (Å²) in [6.45, 7) is 6.44. The second-order valence-corrected chi connectivity index (χ2v) is 10.4. The molecule has 2 aromatic carbocycles. The van der Waals surface area contributed by atoms with Crippen LogP contribution in [-0.4, -0.2) is 40.7 Å².